The van der Waals surface area contributed by atoms with E-state index in [1.54, 1.807) is 4.68 Å². The first kappa shape index (κ1) is 16.8. The van der Waals surface area contributed by atoms with E-state index in [2.05, 4.69) is 43.0 Å². The second kappa shape index (κ2) is 6.27. The van der Waals surface area contributed by atoms with E-state index in [9.17, 15) is 0 Å². The quantitative estimate of drug-likeness (QED) is 0.928. The van der Waals surface area contributed by atoms with Crippen LogP contribution in [0.4, 0.5) is 0 Å². The molecule has 5 heteroatoms. The number of hydrogen-bond donors (Lipinski definition) is 1. The lowest BCUT2D eigenvalue weighted by Crippen LogP contribution is -2.61. The lowest BCUT2D eigenvalue weighted by molar-refractivity contribution is 0.0534. The van der Waals surface area contributed by atoms with Crippen molar-refractivity contribution in [1.82, 2.24) is 20.0 Å². The summed E-state index contributed by atoms with van der Waals surface area (Å²) in [6.45, 7) is 14.2. The van der Waals surface area contributed by atoms with Gasteiger partial charge in [-0.1, -0.05) is 25.4 Å². The fraction of sp³-hybridized carbons (Fsp3) is 0.812. The summed E-state index contributed by atoms with van der Waals surface area (Å²) in [6.07, 6.45) is 1.21. The number of halogens is 1. The highest BCUT2D eigenvalue weighted by molar-refractivity contribution is 6.30. The number of hydrogen-bond acceptors (Lipinski definition) is 3. The van der Waals surface area contributed by atoms with Crippen molar-refractivity contribution >= 4 is 11.6 Å². The Kier molecular flexibility index (Phi) is 5.01. The smallest absolute Gasteiger partial charge is 0.131 e. The predicted octanol–water partition coefficient (Wildman–Crippen LogP) is 2.98. The molecule has 0 bridgehead atoms. The second-order valence-corrected chi connectivity index (χ2v) is 7.74. The normalized spacial score (nSPS) is 23.0. The molecule has 1 N–H and O–H groups in total. The molecule has 0 aliphatic carbocycles. The third kappa shape index (κ3) is 3.79. The molecule has 2 heterocycles. The fourth-order valence-corrected chi connectivity index (χ4v) is 3.37. The number of nitrogens with zero attached hydrogens (tertiary/aromatic N) is 3. The second-order valence-electron chi connectivity index (χ2n) is 7.38. The van der Waals surface area contributed by atoms with Gasteiger partial charge in [0.25, 0.3) is 0 Å². The van der Waals surface area contributed by atoms with E-state index in [1.165, 1.54) is 6.42 Å². The first-order valence-corrected chi connectivity index (χ1v) is 8.25. The van der Waals surface area contributed by atoms with Crippen LogP contribution in [0.25, 0.3) is 0 Å². The van der Waals surface area contributed by atoms with Crippen LogP contribution in [0.2, 0.25) is 5.15 Å². The molecule has 0 spiro atoms. The van der Waals surface area contributed by atoms with Gasteiger partial charge >= 0.3 is 0 Å². The zero-order valence-electron chi connectivity index (χ0n) is 14.2. The maximum absolute atomic E-state index is 6.41. The summed E-state index contributed by atoms with van der Waals surface area (Å²) in [6, 6.07) is 0.564. The molecule has 4 nitrogen and oxygen atoms in total. The summed E-state index contributed by atoms with van der Waals surface area (Å²) in [7, 11) is 1.91. The average Bonchev–Trinajstić information content (AvgIpc) is 2.59. The highest BCUT2D eigenvalue weighted by atomic mass is 35.5. The van der Waals surface area contributed by atoms with Crippen LogP contribution in [0, 0.1) is 12.8 Å². The van der Waals surface area contributed by atoms with E-state index in [0.29, 0.717) is 12.0 Å². The van der Waals surface area contributed by atoms with Gasteiger partial charge in [-0.05, 0) is 33.1 Å². The molecule has 1 aromatic rings. The van der Waals surface area contributed by atoms with Crippen molar-refractivity contribution in [2.45, 2.75) is 59.2 Å². The van der Waals surface area contributed by atoms with Gasteiger partial charge in [-0.25, -0.2) is 0 Å². The standard InChI is InChI=1S/C16H29ClN4/c1-11(2)7-13-8-21(16(4,5)10-18-13)9-14-12(3)19-20(6)15(14)17/h11,13,18H,7-10H2,1-6H3. The van der Waals surface area contributed by atoms with Gasteiger partial charge in [0.2, 0.25) is 0 Å². The zero-order chi connectivity index (χ0) is 15.8. The lowest BCUT2D eigenvalue weighted by Gasteiger charge is -2.46. The highest BCUT2D eigenvalue weighted by Crippen LogP contribution is 2.27. The molecule has 1 unspecified atom stereocenters. The topological polar surface area (TPSA) is 33.1 Å². The Balaban J connectivity index is 2.14. The summed E-state index contributed by atoms with van der Waals surface area (Å²) in [4.78, 5) is 2.55. The summed E-state index contributed by atoms with van der Waals surface area (Å²) in [5.41, 5.74) is 2.34. The highest BCUT2D eigenvalue weighted by Gasteiger charge is 2.34. The maximum atomic E-state index is 6.41. The van der Waals surface area contributed by atoms with E-state index in [-0.39, 0.29) is 5.54 Å². The Morgan fingerprint density at radius 3 is 2.62 bits per heavy atom. The van der Waals surface area contributed by atoms with Gasteiger partial charge in [-0.15, -0.1) is 0 Å². The molecule has 1 aromatic heterocycles. The van der Waals surface area contributed by atoms with Crippen molar-refractivity contribution in [3.63, 3.8) is 0 Å². The molecular weight excluding hydrogens is 284 g/mol. The predicted molar refractivity (Wildman–Crippen MR) is 88.7 cm³/mol. The molecule has 0 radical (unpaired) electrons. The van der Waals surface area contributed by atoms with Crippen LogP contribution in [-0.2, 0) is 13.6 Å². The third-order valence-corrected chi connectivity index (χ3v) is 4.97. The lowest BCUT2D eigenvalue weighted by atomic mass is 9.93. The number of aryl methyl sites for hydroxylation is 2. The molecule has 0 saturated carbocycles. The van der Waals surface area contributed by atoms with Crippen LogP contribution in [0.5, 0.6) is 0 Å². The van der Waals surface area contributed by atoms with E-state index < -0.39 is 0 Å². The average molecular weight is 313 g/mol. The molecule has 0 aromatic carbocycles. The number of aromatic nitrogens is 2. The van der Waals surface area contributed by atoms with Crippen molar-refractivity contribution in [3.8, 4) is 0 Å². The molecule has 1 saturated heterocycles. The Bertz CT molecular complexity index is 493. The number of rotatable bonds is 4. The Labute approximate surface area is 133 Å². The number of piperazine rings is 1. The fourth-order valence-electron chi connectivity index (χ4n) is 3.13. The SMILES string of the molecule is Cc1nn(C)c(Cl)c1CN1CC(CC(C)C)NCC1(C)C. The zero-order valence-corrected chi connectivity index (χ0v) is 15.0. The summed E-state index contributed by atoms with van der Waals surface area (Å²) >= 11 is 6.41. The van der Waals surface area contributed by atoms with E-state index in [0.717, 1.165) is 36.0 Å². The first-order valence-electron chi connectivity index (χ1n) is 7.87. The number of nitrogens with one attached hydrogen (secondary N) is 1. The molecule has 2 rings (SSSR count). The Morgan fingerprint density at radius 1 is 1.43 bits per heavy atom. The van der Waals surface area contributed by atoms with Crippen LogP contribution in [0.15, 0.2) is 0 Å². The van der Waals surface area contributed by atoms with Gasteiger partial charge in [0, 0.05) is 43.8 Å². The molecule has 1 fully saturated rings. The van der Waals surface area contributed by atoms with Crippen molar-refractivity contribution < 1.29 is 0 Å². The third-order valence-electron chi connectivity index (χ3n) is 4.49. The molecular formula is C16H29ClN4. The molecule has 120 valence electrons. The minimum atomic E-state index is 0.138. The largest absolute Gasteiger partial charge is 0.311 e. The van der Waals surface area contributed by atoms with Crippen molar-refractivity contribution in [3.05, 3.63) is 16.4 Å². The van der Waals surface area contributed by atoms with E-state index >= 15 is 0 Å². The van der Waals surface area contributed by atoms with Crippen LogP contribution >= 0.6 is 11.6 Å². The molecule has 1 aliphatic heterocycles. The Hall–Kier alpha value is -0.580. The van der Waals surface area contributed by atoms with Crippen LogP contribution in [0.3, 0.4) is 0 Å². The summed E-state index contributed by atoms with van der Waals surface area (Å²) < 4.78 is 1.77. The summed E-state index contributed by atoms with van der Waals surface area (Å²) in [5, 5.41) is 8.90. The van der Waals surface area contributed by atoms with Crippen LogP contribution in [0.1, 0.15) is 45.4 Å². The van der Waals surface area contributed by atoms with Crippen molar-refractivity contribution in [2.75, 3.05) is 13.1 Å². The van der Waals surface area contributed by atoms with Gasteiger partial charge in [-0.2, -0.15) is 5.10 Å². The minimum absolute atomic E-state index is 0.138. The Morgan fingerprint density at radius 2 is 2.10 bits per heavy atom. The molecule has 1 atom stereocenters. The maximum Gasteiger partial charge on any atom is 0.131 e. The van der Waals surface area contributed by atoms with Crippen LogP contribution in [-0.4, -0.2) is 39.4 Å². The molecule has 1 aliphatic rings. The monoisotopic (exact) mass is 312 g/mol. The minimum Gasteiger partial charge on any atom is -0.311 e. The van der Waals surface area contributed by atoms with Gasteiger partial charge in [0.15, 0.2) is 0 Å². The van der Waals surface area contributed by atoms with Crippen molar-refractivity contribution in [1.29, 1.82) is 0 Å². The van der Waals surface area contributed by atoms with E-state index in [4.69, 9.17) is 11.6 Å². The van der Waals surface area contributed by atoms with Gasteiger partial charge in [0.05, 0.1) is 5.69 Å². The van der Waals surface area contributed by atoms with E-state index in [1.807, 2.05) is 14.0 Å². The molecule has 21 heavy (non-hydrogen) atoms. The van der Waals surface area contributed by atoms with Gasteiger partial charge < -0.3 is 5.32 Å². The van der Waals surface area contributed by atoms with Crippen LogP contribution < -0.4 is 5.32 Å². The van der Waals surface area contributed by atoms with Gasteiger partial charge in [-0.3, -0.25) is 9.58 Å². The van der Waals surface area contributed by atoms with Gasteiger partial charge in [0.1, 0.15) is 5.15 Å². The first-order chi connectivity index (χ1) is 9.70. The summed E-state index contributed by atoms with van der Waals surface area (Å²) in [5.74, 6) is 0.717. The van der Waals surface area contributed by atoms with Crippen molar-refractivity contribution in [2.24, 2.45) is 13.0 Å². The molecule has 0 amide bonds.